The summed E-state index contributed by atoms with van der Waals surface area (Å²) in [5.41, 5.74) is 4.51. The van der Waals surface area contributed by atoms with Crippen LogP contribution in [0.25, 0.3) is 22.3 Å². The molecule has 0 radical (unpaired) electrons. The van der Waals surface area contributed by atoms with Crippen molar-refractivity contribution >= 4 is 28.3 Å². The summed E-state index contributed by atoms with van der Waals surface area (Å²) in [5.74, 6) is -2.82. The summed E-state index contributed by atoms with van der Waals surface area (Å²) in [6, 6.07) is 9.87. The van der Waals surface area contributed by atoms with Crippen molar-refractivity contribution in [1.29, 1.82) is 5.26 Å². The molecule has 136 valence electrons. The number of carbonyl (C=O) groups is 1. The number of halogens is 3. The third-order valence-corrected chi connectivity index (χ3v) is 3.75. The van der Waals surface area contributed by atoms with Crippen molar-refractivity contribution in [2.45, 2.75) is 6.43 Å². The van der Waals surface area contributed by atoms with E-state index in [0.29, 0.717) is 11.1 Å². The maximum absolute atomic E-state index is 14.1. The van der Waals surface area contributed by atoms with Gasteiger partial charge in [-0.25, -0.2) is 4.39 Å². The fourth-order valence-corrected chi connectivity index (χ4v) is 2.44. The number of nitrogens with one attached hydrogen (secondary N) is 1. The van der Waals surface area contributed by atoms with Gasteiger partial charge in [0.05, 0.1) is 17.0 Å². The van der Waals surface area contributed by atoms with E-state index < -0.39 is 35.0 Å². The summed E-state index contributed by atoms with van der Waals surface area (Å²) in [6.07, 6.45) is -3.38. The van der Waals surface area contributed by atoms with E-state index in [2.05, 4.69) is 0 Å². The van der Waals surface area contributed by atoms with Crippen LogP contribution in [0.5, 0.6) is 0 Å². The minimum Gasteiger partial charge on any atom is -0.454 e. The van der Waals surface area contributed by atoms with E-state index in [1.54, 1.807) is 5.32 Å². The van der Waals surface area contributed by atoms with E-state index in [4.69, 9.17) is 15.4 Å². The minimum absolute atomic E-state index is 0.0708. The van der Waals surface area contributed by atoms with Crippen molar-refractivity contribution in [2.75, 3.05) is 11.1 Å². The number of benzene rings is 2. The van der Waals surface area contributed by atoms with Crippen LogP contribution in [0.1, 0.15) is 5.56 Å². The number of hydrogen-bond acceptors (Lipinski definition) is 5. The number of amides is 1. The second kappa shape index (κ2) is 6.84. The fourth-order valence-electron chi connectivity index (χ4n) is 2.44. The van der Waals surface area contributed by atoms with Crippen molar-refractivity contribution < 1.29 is 22.4 Å². The Bertz CT molecular complexity index is 1150. The smallest absolute Gasteiger partial charge is 0.315 e. The highest BCUT2D eigenvalue weighted by Gasteiger charge is 2.22. The number of fused-ring (bicyclic) bond motifs is 1. The molecular weight excluding hydrogens is 363 g/mol. The van der Waals surface area contributed by atoms with Crippen LogP contribution in [0.15, 0.2) is 45.6 Å². The highest BCUT2D eigenvalue weighted by atomic mass is 19.3. The van der Waals surface area contributed by atoms with E-state index in [0.717, 1.165) is 12.1 Å². The largest absolute Gasteiger partial charge is 0.454 e. The van der Waals surface area contributed by atoms with Gasteiger partial charge in [0.15, 0.2) is 11.0 Å². The number of nitrogens with zero attached hydrogens (tertiary/aromatic N) is 1. The Balaban J connectivity index is 2.19. The van der Waals surface area contributed by atoms with Gasteiger partial charge >= 0.3 is 6.43 Å². The Kier molecular flexibility index (Phi) is 4.56. The molecule has 0 unspecified atom stereocenters. The summed E-state index contributed by atoms with van der Waals surface area (Å²) in [4.78, 5) is 23.5. The van der Waals surface area contributed by atoms with E-state index in [-0.39, 0.29) is 16.7 Å². The van der Waals surface area contributed by atoms with Crippen LogP contribution in [-0.2, 0) is 4.79 Å². The molecule has 1 heterocycles. The fraction of sp³-hybridized carbons (Fsp3) is 0.0556. The summed E-state index contributed by atoms with van der Waals surface area (Å²) in [5, 5.41) is 10.3. The molecule has 6 nitrogen and oxygen atoms in total. The average molecular weight is 373 g/mol. The number of nitrogen functional groups attached to an aromatic ring is 1. The van der Waals surface area contributed by atoms with Gasteiger partial charge in [0.2, 0.25) is 0 Å². The first kappa shape index (κ1) is 18.0. The van der Waals surface area contributed by atoms with Crippen LogP contribution < -0.4 is 16.5 Å². The number of rotatable bonds is 3. The van der Waals surface area contributed by atoms with Crippen LogP contribution >= 0.6 is 0 Å². The Morgan fingerprint density at radius 1 is 1.22 bits per heavy atom. The molecule has 0 saturated heterocycles. The first-order valence-electron chi connectivity index (χ1n) is 7.47. The van der Waals surface area contributed by atoms with Gasteiger partial charge in [-0.05, 0) is 30.3 Å². The predicted octanol–water partition coefficient (Wildman–Crippen LogP) is 3.26. The molecule has 3 N–H and O–H groups in total. The lowest BCUT2D eigenvalue weighted by atomic mass is 10.1. The monoisotopic (exact) mass is 373 g/mol. The van der Waals surface area contributed by atoms with Gasteiger partial charge in [0.25, 0.3) is 5.91 Å². The minimum atomic E-state index is -3.38. The molecule has 3 aromatic rings. The molecule has 0 bridgehead atoms. The molecule has 0 atom stereocenters. The van der Waals surface area contributed by atoms with Crippen molar-refractivity contribution in [2.24, 2.45) is 0 Å². The maximum atomic E-state index is 14.1. The number of carbonyl (C=O) groups excluding carboxylic acids is 1. The first-order valence-corrected chi connectivity index (χ1v) is 7.47. The lowest BCUT2D eigenvalue weighted by Gasteiger charge is -2.12. The Hall–Kier alpha value is -3.80. The molecule has 2 aromatic carbocycles. The summed E-state index contributed by atoms with van der Waals surface area (Å²) in [7, 11) is 0. The SMILES string of the molecule is N#Cc1ccc(-c2cc(=O)c3cc(F)c(NC(=O)C(F)F)c(N)c3o2)cc1. The molecule has 0 spiro atoms. The zero-order valence-corrected chi connectivity index (χ0v) is 13.4. The molecule has 1 amide bonds. The number of hydrogen-bond donors (Lipinski definition) is 2. The van der Waals surface area contributed by atoms with Crippen LogP contribution in [0.2, 0.25) is 0 Å². The molecule has 9 heteroatoms. The number of nitriles is 1. The maximum Gasteiger partial charge on any atom is 0.315 e. The van der Waals surface area contributed by atoms with Gasteiger partial charge in [-0.3, -0.25) is 9.59 Å². The van der Waals surface area contributed by atoms with Crippen molar-refractivity contribution in [3.8, 4) is 17.4 Å². The third-order valence-electron chi connectivity index (χ3n) is 3.75. The van der Waals surface area contributed by atoms with Crippen molar-refractivity contribution in [3.05, 3.63) is 58.0 Å². The molecule has 0 fully saturated rings. The van der Waals surface area contributed by atoms with Gasteiger partial charge in [0, 0.05) is 11.6 Å². The summed E-state index contributed by atoms with van der Waals surface area (Å²) < 4.78 is 44.6. The van der Waals surface area contributed by atoms with Crippen molar-refractivity contribution in [3.63, 3.8) is 0 Å². The second-order valence-electron chi connectivity index (χ2n) is 5.48. The number of anilines is 2. The van der Waals surface area contributed by atoms with Gasteiger partial charge in [0.1, 0.15) is 23.0 Å². The van der Waals surface area contributed by atoms with Crippen LogP contribution in [0.4, 0.5) is 24.5 Å². The zero-order chi connectivity index (χ0) is 19.7. The van der Waals surface area contributed by atoms with E-state index in [9.17, 15) is 22.8 Å². The van der Waals surface area contributed by atoms with Gasteiger partial charge in [-0.15, -0.1) is 0 Å². The van der Waals surface area contributed by atoms with E-state index in [1.807, 2.05) is 6.07 Å². The summed E-state index contributed by atoms with van der Waals surface area (Å²) in [6.45, 7) is 0. The number of nitrogens with two attached hydrogens (primary N) is 1. The van der Waals surface area contributed by atoms with E-state index >= 15 is 0 Å². The van der Waals surface area contributed by atoms with Crippen molar-refractivity contribution in [1.82, 2.24) is 0 Å². The standard InChI is InChI=1S/C18H10F3N3O3/c19-11-5-10-12(25)6-13(9-3-1-8(7-22)2-4-9)27-16(10)14(23)15(11)24-18(26)17(20)21/h1-6,17H,23H2,(H,24,26). The second-order valence-corrected chi connectivity index (χ2v) is 5.48. The molecule has 0 aliphatic heterocycles. The normalized spacial score (nSPS) is 10.8. The molecule has 0 aliphatic carbocycles. The predicted molar refractivity (Wildman–Crippen MR) is 91.6 cm³/mol. The molecule has 1 aromatic heterocycles. The van der Waals surface area contributed by atoms with Crippen LogP contribution in [0, 0.1) is 17.1 Å². The van der Waals surface area contributed by atoms with E-state index in [1.165, 1.54) is 24.3 Å². The molecule has 0 aliphatic rings. The highest BCUT2D eigenvalue weighted by Crippen LogP contribution is 2.33. The Labute approximate surface area is 149 Å². The van der Waals surface area contributed by atoms with Gasteiger partial charge in [-0.1, -0.05) is 0 Å². The molecule has 27 heavy (non-hydrogen) atoms. The Morgan fingerprint density at radius 2 is 1.89 bits per heavy atom. The van der Waals surface area contributed by atoms with Gasteiger partial charge < -0.3 is 15.5 Å². The summed E-state index contributed by atoms with van der Waals surface area (Å²) >= 11 is 0. The lowest BCUT2D eigenvalue weighted by Crippen LogP contribution is -2.22. The number of alkyl halides is 2. The molecule has 3 rings (SSSR count). The molecule has 0 saturated carbocycles. The quantitative estimate of drug-likeness (QED) is 0.685. The Morgan fingerprint density at radius 3 is 2.48 bits per heavy atom. The highest BCUT2D eigenvalue weighted by molar-refractivity contribution is 6.02. The topological polar surface area (TPSA) is 109 Å². The van der Waals surface area contributed by atoms with Crippen LogP contribution in [0.3, 0.4) is 0 Å². The van der Waals surface area contributed by atoms with Crippen LogP contribution in [-0.4, -0.2) is 12.3 Å². The average Bonchev–Trinajstić information content (AvgIpc) is 2.65. The first-order chi connectivity index (χ1) is 12.8. The van der Waals surface area contributed by atoms with Gasteiger partial charge in [-0.2, -0.15) is 14.0 Å². The third kappa shape index (κ3) is 3.32. The zero-order valence-electron chi connectivity index (χ0n) is 13.4. The lowest BCUT2D eigenvalue weighted by molar-refractivity contribution is -0.126. The molecular formula is C18H10F3N3O3.